The molecule has 3 unspecified atom stereocenters. The second-order valence-electron chi connectivity index (χ2n) is 6.43. The van der Waals surface area contributed by atoms with Gasteiger partial charge in [-0.3, -0.25) is 4.79 Å². The van der Waals surface area contributed by atoms with Gasteiger partial charge in [0.15, 0.2) is 0 Å². The van der Waals surface area contributed by atoms with Crippen LogP contribution in [0.4, 0.5) is 0 Å². The third-order valence-electron chi connectivity index (χ3n) is 5.27. The van der Waals surface area contributed by atoms with Crippen molar-refractivity contribution in [2.45, 2.75) is 63.5 Å². The molecule has 3 atom stereocenters. The van der Waals surface area contributed by atoms with E-state index in [9.17, 15) is 9.90 Å². The highest BCUT2D eigenvalue weighted by atomic mass is 16.4. The van der Waals surface area contributed by atoms with E-state index in [-0.39, 0.29) is 0 Å². The summed E-state index contributed by atoms with van der Waals surface area (Å²) >= 11 is 0. The van der Waals surface area contributed by atoms with E-state index >= 15 is 0 Å². The smallest absolute Gasteiger partial charge is 0.323 e. The molecule has 0 spiro atoms. The zero-order valence-electron chi connectivity index (χ0n) is 12.3. The van der Waals surface area contributed by atoms with Crippen LogP contribution in [0.25, 0.3) is 0 Å². The fourth-order valence-electron chi connectivity index (χ4n) is 3.76. The van der Waals surface area contributed by atoms with Gasteiger partial charge in [0.25, 0.3) is 0 Å². The van der Waals surface area contributed by atoms with Crippen LogP contribution >= 0.6 is 0 Å². The molecule has 1 aliphatic heterocycles. The quantitative estimate of drug-likeness (QED) is 0.774. The Morgan fingerprint density at radius 3 is 2.79 bits per heavy atom. The second kappa shape index (κ2) is 6.23. The normalized spacial score (nSPS) is 30.8. The highest BCUT2D eigenvalue weighted by Crippen LogP contribution is 2.36. The van der Waals surface area contributed by atoms with Crippen molar-refractivity contribution in [2.75, 3.05) is 20.1 Å². The monoisotopic (exact) mass is 268 g/mol. The van der Waals surface area contributed by atoms with Crippen molar-refractivity contribution in [1.82, 2.24) is 10.2 Å². The Labute approximate surface area is 116 Å². The lowest BCUT2D eigenvalue weighted by Gasteiger charge is -2.32. The molecule has 2 N–H and O–H groups in total. The molecule has 1 saturated heterocycles. The van der Waals surface area contributed by atoms with Crippen LogP contribution in [-0.2, 0) is 4.79 Å². The van der Waals surface area contributed by atoms with Gasteiger partial charge in [0.05, 0.1) is 0 Å². The highest BCUT2D eigenvalue weighted by Gasteiger charge is 2.36. The summed E-state index contributed by atoms with van der Waals surface area (Å²) in [5.74, 6) is 0.177. The SMILES string of the molecule is CNC(C)(CCCN1CCC2CCCCC21)C(=O)O. The van der Waals surface area contributed by atoms with Gasteiger partial charge in [-0.2, -0.15) is 0 Å². The average molecular weight is 268 g/mol. The molecule has 4 nitrogen and oxygen atoms in total. The van der Waals surface area contributed by atoms with E-state index in [2.05, 4.69) is 10.2 Å². The Hall–Kier alpha value is -0.610. The molecule has 1 heterocycles. The van der Waals surface area contributed by atoms with Gasteiger partial charge in [-0.15, -0.1) is 0 Å². The lowest BCUT2D eigenvalue weighted by molar-refractivity contribution is -0.144. The summed E-state index contributed by atoms with van der Waals surface area (Å²) < 4.78 is 0. The van der Waals surface area contributed by atoms with E-state index in [1.54, 1.807) is 14.0 Å². The molecular weight excluding hydrogens is 240 g/mol. The molecule has 2 rings (SSSR count). The van der Waals surface area contributed by atoms with Gasteiger partial charge >= 0.3 is 5.97 Å². The number of carboxylic acids is 1. The highest BCUT2D eigenvalue weighted by molar-refractivity contribution is 5.78. The molecule has 2 aliphatic rings. The molecule has 0 bridgehead atoms. The molecule has 2 fully saturated rings. The molecule has 19 heavy (non-hydrogen) atoms. The number of hydrogen-bond donors (Lipinski definition) is 2. The minimum absolute atomic E-state index is 0.701. The standard InChI is InChI=1S/C15H28N2O2/c1-15(16-2,14(18)19)9-5-10-17-11-8-12-6-3-4-7-13(12)17/h12-13,16H,3-11H2,1-2H3,(H,18,19). The molecule has 4 heteroatoms. The Morgan fingerprint density at radius 1 is 1.37 bits per heavy atom. The fraction of sp³-hybridized carbons (Fsp3) is 0.933. The number of carboxylic acid groups (broad SMARTS) is 1. The molecule has 1 aliphatic carbocycles. The maximum absolute atomic E-state index is 11.2. The van der Waals surface area contributed by atoms with Gasteiger partial charge in [-0.1, -0.05) is 12.8 Å². The van der Waals surface area contributed by atoms with Crippen molar-refractivity contribution < 1.29 is 9.90 Å². The molecule has 0 radical (unpaired) electrons. The van der Waals surface area contributed by atoms with Crippen LogP contribution in [0.5, 0.6) is 0 Å². The second-order valence-corrected chi connectivity index (χ2v) is 6.43. The summed E-state index contributed by atoms with van der Waals surface area (Å²) in [6.45, 7) is 4.06. The summed E-state index contributed by atoms with van der Waals surface area (Å²) in [7, 11) is 1.74. The van der Waals surface area contributed by atoms with Crippen molar-refractivity contribution >= 4 is 5.97 Å². The van der Waals surface area contributed by atoms with E-state index in [4.69, 9.17) is 0 Å². The number of nitrogens with one attached hydrogen (secondary N) is 1. The van der Waals surface area contributed by atoms with Gasteiger partial charge in [0, 0.05) is 6.04 Å². The number of nitrogens with zero attached hydrogens (tertiary/aromatic N) is 1. The lowest BCUT2D eigenvalue weighted by atomic mass is 9.85. The summed E-state index contributed by atoms with van der Waals surface area (Å²) in [5, 5.41) is 12.2. The largest absolute Gasteiger partial charge is 0.480 e. The van der Waals surface area contributed by atoms with Crippen molar-refractivity contribution in [1.29, 1.82) is 0 Å². The first-order valence-corrected chi connectivity index (χ1v) is 7.73. The van der Waals surface area contributed by atoms with Crippen molar-refractivity contribution in [3.63, 3.8) is 0 Å². The topological polar surface area (TPSA) is 52.6 Å². The summed E-state index contributed by atoms with van der Waals surface area (Å²) in [6.07, 6.45) is 8.57. The Morgan fingerprint density at radius 2 is 2.11 bits per heavy atom. The first kappa shape index (κ1) is 14.8. The van der Waals surface area contributed by atoms with Crippen molar-refractivity contribution in [3.05, 3.63) is 0 Å². The van der Waals surface area contributed by atoms with E-state index < -0.39 is 11.5 Å². The van der Waals surface area contributed by atoms with Gasteiger partial charge in [-0.05, 0) is 65.1 Å². The number of aliphatic carboxylic acids is 1. The Kier molecular flexibility index (Phi) is 4.85. The number of likely N-dealkylation sites (N-methyl/N-ethyl adjacent to an activating group) is 1. The molecule has 0 aromatic carbocycles. The molecule has 0 aromatic heterocycles. The van der Waals surface area contributed by atoms with Crippen LogP contribution in [-0.4, -0.2) is 47.7 Å². The third-order valence-corrected chi connectivity index (χ3v) is 5.27. The molecular formula is C15H28N2O2. The van der Waals surface area contributed by atoms with Crippen LogP contribution in [0.15, 0.2) is 0 Å². The number of fused-ring (bicyclic) bond motifs is 1. The minimum atomic E-state index is -0.772. The summed E-state index contributed by atoms with van der Waals surface area (Å²) in [6, 6.07) is 0.791. The Bertz CT molecular complexity index is 321. The number of rotatable bonds is 6. The van der Waals surface area contributed by atoms with Crippen molar-refractivity contribution in [2.24, 2.45) is 5.92 Å². The number of likely N-dealkylation sites (tertiary alicyclic amines) is 1. The molecule has 1 saturated carbocycles. The van der Waals surface area contributed by atoms with E-state index in [1.807, 2.05) is 0 Å². The number of hydrogen-bond acceptors (Lipinski definition) is 3. The zero-order valence-corrected chi connectivity index (χ0v) is 12.3. The van der Waals surface area contributed by atoms with E-state index in [0.29, 0.717) is 6.42 Å². The third kappa shape index (κ3) is 3.29. The average Bonchev–Trinajstić information content (AvgIpc) is 2.82. The van der Waals surface area contributed by atoms with Crippen LogP contribution < -0.4 is 5.32 Å². The predicted molar refractivity (Wildman–Crippen MR) is 76.3 cm³/mol. The zero-order chi connectivity index (χ0) is 13.9. The maximum atomic E-state index is 11.2. The van der Waals surface area contributed by atoms with E-state index in [0.717, 1.165) is 24.9 Å². The minimum Gasteiger partial charge on any atom is -0.480 e. The molecule has 110 valence electrons. The Balaban J connectivity index is 1.78. The first-order valence-electron chi connectivity index (χ1n) is 7.73. The van der Waals surface area contributed by atoms with Crippen LogP contribution in [0.2, 0.25) is 0 Å². The fourth-order valence-corrected chi connectivity index (χ4v) is 3.76. The first-order chi connectivity index (χ1) is 9.07. The van der Waals surface area contributed by atoms with Crippen molar-refractivity contribution in [3.8, 4) is 0 Å². The van der Waals surface area contributed by atoms with Crippen LogP contribution in [0, 0.1) is 5.92 Å². The molecule has 0 amide bonds. The maximum Gasteiger partial charge on any atom is 0.323 e. The van der Waals surface area contributed by atoms with Gasteiger partial charge in [0.1, 0.15) is 5.54 Å². The summed E-state index contributed by atoms with van der Waals surface area (Å²) in [4.78, 5) is 13.8. The summed E-state index contributed by atoms with van der Waals surface area (Å²) in [5.41, 5.74) is -0.772. The van der Waals surface area contributed by atoms with Crippen LogP contribution in [0.3, 0.4) is 0 Å². The lowest BCUT2D eigenvalue weighted by Crippen LogP contribution is -2.48. The van der Waals surface area contributed by atoms with Crippen LogP contribution in [0.1, 0.15) is 51.9 Å². The van der Waals surface area contributed by atoms with Gasteiger partial charge in [-0.25, -0.2) is 0 Å². The van der Waals surface area contributed by atoms with Gasteiger partial charge < -0.3 is 15.3 Å². The van der Waals surface area contributed by atoms with E-state index in [1.165, 1.54) is 38.6 Å². The molecule has 0 aromatic rings. The van der Waals surface area contributed by atoms with Gasteiger partial charge in [0.2, 0.25) is 0 Å². The predicted octanol–water partition coefficient (Wildman–Crippen LogP) is 2.09. The number of carbonyl (C=O) groups is 1.